The van der Waals surface area contributed by atoms with Gasteiger partial charge in [0, 0.05) is 24.1 Å². The Bertz CT molecular complexity index is 1230. The number of anilines is 1. The highest BCUT2D eigenvalue weighted by Gasteiger charge is 2.30. The van der Waals surface area contributed by atoms with Crippen LogP contribution >= 0.6 is 0 Å². The second-order valence-electron chi connectivity index (χ2n) is 9.46. The summed E-state index contributed by atoms with van der Waals surface area (Å²) in [7, 11) is -3.60. The summed E-state index contributed by atoms with van der Waals surface area (Å²) in [5.74, 6) is -1.31. The molecule has 0 saturated heterocycles. The van der Waals surface area contributed by atoms with Crippen LogP contribution in [0.3, 0.4) is 0 Å². The molecule has 2 aromatic rings. The number of hydrogen-bond acceptors (Lipinski definition) is 6. The molecule has 10 heteroatoms. The van der Waals surface area contributed by atoms with Crippen LogP contribution in [-0.4, -0.2) is 59.7 Å². The zero-order chi connectivity index (χ0) is 26.6. The van der Waals surface area contributed by atoms with Gasteiger partial charge in [-0.05, 0) is 48.4 Å². The van der Waals surface area contributed by atoms with Gasteiger partial charge >= 0.3 is 5.97 Å². The van der Waals surface area contributed by atoms with Crippen molar-refractivity contribution in [2.45, 2.75) is 64.1 Å². The van der Waals surface area contributed by atoms with E-state index in [4.69, 9.17) is 10.1 Å². The Hall–Kier alpha value is -2.82. The van der Waals surface area contributed by atoms with E-state index in [1.165, 1.54) is 22.5 Å². The van der Waals surface area contributed by atoms with Gasteiger partial charge in [-0.25, -0.2) is 17.8 Å². The van der Waals surface area contributed by atoms with E-state index >= 15 is 0 Å². The van der Waals surface area contributed by atoms with Crippen molar-refractivity contribution in [3.63, 3.8) is 0 Å². The number of aliphatic hydroxyl groups excluding tert-OH is 2. The lowest BCUT2D eigenvalue weighted by Crippen LogP contribution is -2.32. The first-order chi connectivity index (χ1) is 16.9. The summed E-state index contributed by atoms with van der Waals surface area (Å²) in [5, 5.41) is 29.2. The number of nitrogens with zero attached hydrogens (tertiary/aromatic N) is 2. The number of fused-ring (bicyclic) bond motifs is 1. The third-order valence-corrected chi connectivity index (χ3v) is 7.26. The molecule has 1 aliphatic heterocycles. The maximum Gasteiger partial charge on any atom is 0.305 e. The molecule has 1 aliphatic rings. The quantitative estimate of drug-likeness (QED) is 0.460. The monoisotopic (exact) mass is 520 g/mol. The van der Waals surface area contributed by atoms with E-state index in [2.05, 4.69) is 0 Å². The highest BCUT2D eigenvalue weighted by atomic mass is 32.2. The van der Waals surface area contributed by atoms with E-state index in [1.54, 1.807) is 18.2 Å². The van der Waals surface area contributed by atoms with Gasteiger partial charge in [0.1, 0.15) is 11.6 Å². The van der Waals surface area contributed by atoms with Crippen molar-refractivity contribution in [3.05, 3.63) is 53.0 Å². The molecule has 2 heterocycles. The first-order valence-electron chi connectivity index (χ1n) is 11.9. The minimum Gasteiger partial charge on any atom is -0.481 e. The van der Waals surface area contributed by atoms with Crippen LogP contribution in [0.4, 0.5) is 10.2 Å². The molecule has 0 spiro atoms. The number of aromatic nitrogens is 1. The van der Waals surface area contributed by atoms with E-state index in [-0.39, 0.29) is 12.3 Å². The van der Waals surface area contributed by atoms with Crippen molar-refractivity contribution in [3.8, 4) is 11.1 Å². The van der Waals surface area contributed by atoms with Crippen molar-refractivity contribution in [1.82, 2.24) is 4.98 Å². The molecule has 2 unspecified atom stereocenters. The second-order valence-corrected chi connectivity index (χ2v) is 11.4. The van der Waals surface area contributed by atoms with Gasteiger partial charge < -0.3 is 15.3 Å². The van der Waals surface area contributed by atoms with Crippen LogP contribution in [0.2, 0.25) is 0 Å². The van der Waals surface area contributed by atoms with Gasteiger partial charge in [-0.1, -0.05) is 38.1 Å². The smallest absolute Gasteiger partial charge is 0.305 e. The maximum absolute atomic E-state index is 13.8. The molecule has 0 saturated carbocycles. The number of rotatable bonds is 9. The molecular weight excluding hydrogens is 487 g/mol. The number of pyridine rings is 1. The predicted molar refractivity (Wildman–Crippen MR) is 137 cm³/mol. The van der Waals surface area contributed by atoms with Crippen molar-refractivity contribution in [2.24, 2.45) is 0 Å². The molecule has 1 aromatic carbocycles. The van der Waals surface area contributed by atoms with Crippen LogP contribution in [0.25, 0.3) is 17.2 Å². The number of aliphatic carboxylic acids is 1. The molecule has 1 aromatic heterocycles. The van der Waals surface area contributed by atoms with Gasteiger partial charge in [0.15, 0.2) is 0 Å². The first-order valence-corrected chi connectivity index (χ1v) is 13.8. The Morgan fingerprint density at radius 1 is 1.19 bits per heavy atom. The third kappa shape index (κ3) is 6.68. The zero-order valence-corrected chi connectivity index (χ0v) is 21.5. The topological polar surface area (TPSA) is 128 Å². The Morgan fingerprint density at radius 2 is 1.86 bits per heavy atom. The fourth-order valence-corrected chi connectivity index (χ4v) is 5.40. The van der Waals surface area contributed by atoms with Crippen LogP contribution in [0, 0.1) is 5.82 Å². The Morgan fingerprint density at radius 3 is 2.44 bits per heavy atom. The largest absolute Gasteiger partial charge is 0.481 e. The molecule has 0 bridgehead atoms. The van der Waals surface area contributed by atoms with Gasteiger partial charge in [0.05, 0.1) is 30.6 Å². The predicted octanol–water partition coefficient (Wildman–Crippen LogP) is 3.71. The van der Waals surface area contributed by atoms with Gasteiger partial charge in [-0.2, -0.15) is 0 Å². The van der Waals surface area contributed by atoms with Crippen molar-refractivity contribution < 1.29 is 32.9 Å². The molecule has 0 radical (unpaired) electrons. The summed E-state index contributed by atoms with van der Waals surface area (Å²) in [6.07, 6.45) is 3.30. The van der Waals surface area contributed by atoms with Crippen molar-refractivity contribution in [2.75, 3.05) is 17.1 Å². The maximum atomic E-state index is 13.8. The van der Waals surface area contributed by atoms with Crippen molar-refractivity contribution in [1.29, 1.82) is 0 Å². The average Bonchev–Trinajstić information content (AvgIpc) is 2.99. The fraction of sp³-hybridized carbons (Fsp3) is 0.462. The molecular formula is C26H33FN2O6S. The van der Waals surface area contributed by atoms with E-state index in [0.717, 1.165) is 18.2 Å². The summed E-state index contributed by atoms with van der Waals surface area (Å²) < 4.78 is 40.5. The fourth-order valence-electron chi connectivity index (χ4n) is 4.48. The summed E-state index contributed by atoms with van der Waals surface area (Å²) in [6, 6.07) is 5.95. The second kappa shape index (κ2) is 11.5. The number of halogens is 1. The molecule has 0 aliphatic carbocycles. The van der Waals surface area contributed by atoms with E-state index < -0.39 is 40.4 Å². The van der Waals surface area contributed by atoms with Gasteiger partial charge in [-0.3, -0.25) is 9.10 Å². The number of hydrogen-bond donors (Lipinski definition) is 3. The SMILES string of the molecule is CC(C)c1nc2c(c(-c3ccc(F)cc3)c1C=CC(O)CC(O)CC(=O)O)CCCCN2S(C)(=O)=O. The van der Waals surface area contributed by atoms with Crippen LogP contribution in [0.15, 0.2) is 30.3 Å². The average molecular weight is 521 g/mol. The minimum atomic E-state index is -3.60. The Balaban J connectivity index is 2.23. The van der Waals surface area contributed by atoms with Crippen LogP contribution < -0.4 is 4.31 Å². The molecule has 196 valence electrons. The first kappa shape index (κ1) is 27.8. The molecule has 0 fully saturated rings. The molecule has 3 N–H and O–H groups in total. The lowest BCUT2D eigenvalue weighted by molar-refractivity contribution is -0.139. The summed E-state index contributed by atoms with van der Waals surface area (Å²) in [6.45, 7) is 4.17. The highest BCUT2D eigenvalue weighted by molar-refractivity contribution is 7.92. The lowest BCUT2D eigenvalue weighted by atomic mass is 9.88. The molecule has 0 amide bonds. The minimum absolute atomic E-state index is 0.117. The molecule has 3 rings (SSSR count). The van der Waals surface area contributed by atoms with E-state index in [9.17, 15) is 27.8 Å². The number of carboxylic acid groups (broad SMARTS) is 1. The van der Waals surface area contributed by atoms with Gasteiger partial charge in [0.2, 0.25) is 10.0 Å². The number of carboxylic acids is 1. The number of carbonyl (C=O) groups is 1. The van der Waals surface area contributed by atoms with Crippen molar-refractivity contribution >= 4 is 27.9 Å². The summed E-state index contributed by atoms with van der Waals surface area (Å²) in [5.41, 5.74) is 3.41. The standard InChI is InChI=1S/C26H33FN2O6S/c1-16(2)25-21(12-11-19(30)14-20(31)15-23(32)33)24(17-7-9-18(27)10-8-17)22-6-4-5-13-29(26(22)28-25)36(3,34)35/h7-12,16,19-20,30-31H,4-6,13-15H2,1-3H3,(H,32,33). The lowest BCUT2D eigenvalue weighted by Gasteiger charge is -2.26. The van der Waals surface area contributed by atoms with Crippen LogP contribution in [-0.2, 0) is 21.2 Å². The Kier molecular flexibility index (Phi) is 8.86. The Labute approximate surface area is 211 Å². The number of sulfonamides is 1. The summed E-state index contributed by atoms with van der Waals surface area (Å²) in [4.78, 5) is 15.7. The van der Waals surface area contributed by atoms with E-state index in [0.29, 0.717) is 47.6 Å². The van der Waals surface area contributed by atoms with Gasteiger partial charge in [0.25, 0.3) is 0 Å². The third-order valence-electron chi connectivity index (χ3n) is 6.11. The van der Waals surface area contributed by atoms with Crippen LogP contribution in [0.5, 0.6) is 0 Å². The number of benzene rings is 1. The molecule has 2 atom stereocenters. The number of aliphatic hydroxyl groups is 2. The highest BCUT2D eigenvalue weighted by Crippen LogP contribution is 2.41. The zero-order valence-electron chi connectivity index (χ0n) is 20.7. The van der Waals surface area contributed by atoms with Crippen LogP contribution in [0.1, 0.15) is 62.3 Å². The van der Waals surface area contributed by atoms with Gasteiger partial charge in [-0.15, -0.1) is 0 Å². The normalized spacial score (nSPS) is 16.1. The molecule has 36 heavy (non-hydrogen) atoms. The summed E-state index contributed by atoms with van der Waals surface area (Å²) >= 11 is 0. The van der Waals surface area contributed by atoms with E-state index in [1.807, 2.05) is 13.8 Å². The molecule has 8 nitrogen and oxygen atoms in total.